The van der Waals surface area contributed by atoms with Crippen LogP contribution in [0.15, 0.2) is 76.5 Å². The fraction of sp³-hybridized carbons (Fsp3) is 0.441. The van der Waals surface area contributed by atoms with E-state index in [1.165, 1.54) is 35.5 Å². The molecule has 3 N–H and O–H groups in total. The number of hydrogen-bond donors (Lipinski definition) is 3. The summed E-state index contributed by atoms with van der Waals surface area (Å²) in [5.41, 5.74) is 4.46. The summed E-state index contributed by atoms with van der Waals surface area (Å²) in [4.78, 5) is 1.51. The molecule has 3 aromatic carbocycles. The Labute approximate surface area is 283 Å². The van der Waals surface area contributed by atoms with E-state index in [0.717, 1.165) is 31.4 Å². The van der Waals surface area contributed by atoms with E-state index in [-0.39, 0.29) is 33.4 Å². The lowest BCUT2D eigenvalue weighted by Crippen LogP contribution is -2.39. The van der Waals surface area contributed by atoms with Gasteiger partial charge in [0.2, 0.25) is 5.69 Å². The molecule has 0 spiro atoms. The minimum absolute atomic E-state index is 0.211. The molecule has 2 aliphatic heterocycles. The fourth-order valence-corrected chi connectivity index (χ4v) is 8.99. The summed E-state index contributed by atoms with van der Waals surface area (Å²) in [7, 11) is -13.0. The predicted octanol–water partition coefficient (Wildman–Crippen LogP) is 6.28. The highest BCUT2D eigenvalue weighted by Crippen LogP contribution is 2.51. The van der Waals surface area contributed by atoms with Crippen LogP contribution in [0.2, 0.25) is 0 Å². The SMILES string of the molecule is CC1(C)C(CCCCCC2N(c3cccc(S(=O)(=O)O)c3)c3ccc(S(=O)(=O)O)cc3C2(C)C)=[N+](CCCS(=O)(=O)O)c2ccccc21. The molecular formula is C34H43N2O9S3+. The van der Waals surface area contributed by atoms with Crippen molar-refractivity contribution in [3.63, 3.8) is 0 Å². The van der Waals surface area contributed by atoms with E-state index in [9.17, 15) is 38.9 Å². The lowest BCUT2D eigenvalue weighted by molar-refractivity contribution is -0.439. The highest BCUT2D eigenvalue weighted by atomic mass is 32.2. The van der Waals surface area contributed by atoms with Crippen molar-refractivity contribution < 1.29 is 43.5 Å². The maximum absolute atomic E-state index is 12.0. The molecule has 5 rings (SSSR count). The van der Waals surface area contributed by atoms with Crippen LogP contribution in [-0.4, -0.2) is 67.5 Å². The highest BCUT2D eigenvalue weighted by Gasteiger charge is 2.46. The normalized spacial score (nSPS) is 18.6. The zero-order valence-corrected chi connectivity index (χ0v) is 29.9. The lowest BCUT2D eigenvalue weighted by atomic mass is 9.78. The van der Waals surface area contributed by atoms with Crippen LogP contribution in [0.4, 0.5) is 17.1 Å². The van der Waals surface area contributed by atoms with Crippen molar-refractivity contribution in [2.24, 2.45) is 0 Å². The first-order valence-corrected chi connectivity index (χ1v) is 20.4. The van der Waals surface area contributed by atoms with Gasteiger partial charge in [0, 0.05) is 47.3 Å². The van der Waals surface area contributed by atoms with E-state index in [0.29, 0.717) is 29.9 Å². The largest absolute Gasteiger partial charge is 0.337 e. The van der Waals surface area contributed by atoms with E-state index >= 15 is 0 Å². The summed E-state index contributed by atoms with van der Waals surface area (Å²) in [6.07, 6.45) is 4.25. The van der Waals surface area contributed by atoms with Crippen LogP contribution in [0.5, 0.6) is 0 Å². The van der Waals surface area contributed by atoms with Gasteiger partial charge in [-0.15, -0.1) is 0 Å². The Kier molecular flexibility index (Phi) is 9.76. The van der Waals surface area contributed by atoms with Gasteiger partial charge in [0.25, 0.3) is 30.4 Å². The molecule has 260 valence electrons. The molecule has 1 unspecified atom stereocenters. The van der Waals surface area contributed by atoms with E-state index in [2.05, 4.69) is 24.5 Å². The molecule has 2 heterocycles. The van der Waals surface area contributed by atoms with Crippen LogP contribution >= 0.6 is 0 Å². The second kappa shape index (κ2) is 13.0. The molecule has 0 saturated heterocycles. The van der Waals surface area contributed by atoms with Gasteiger partial charge in [-0.25, -0.2) is 0 Å². The molecule has 1 atom stereocenters. The van der Waals surface area contributed by atoms with Crippen molar-refractivity contribution in [3.05, 3.63) is 77.9 Å². The lowest BCUT2D eigenvalue weighted by Gasteiger charge is -2.35. The van der Waals surface area contributed by atoms with Gasteiger partial charge in [-0.1, -0.05) is 51.0 Å². The Morgan fingerprint density at radius 1 is 0.729 bits per heavy atom. The molecule has 2 aliphatic rings. The molecule has 0 aromatic heterocycles. The highest BCUT2D eigenvalue weighted by molar-refractivity contribution is 7.86. The molecule has 0 amide bonds. The average Bonchev–Trinajstić information content (AvgIpc) is 3.34. The number of benzene rings is 3. The molecule has 0 radical (unpaired) electrons. The first kappa shape index (κ1) is 36.1. The number of para-hydroxylation sites is 1. The molecular weight excluding hydrogens is 677 g/mol. The Morgan fingerprint density at radius 3 is 2.06 bits per heavy atom. The van der Waals surface area contributed by atoms with Crippen molar-refractivity contribution in [1.82, 2.24) is 0 Å². The number of anilines is 2. The van der Waals surface area contributed by atoms with Crippen LogP contribution < -0.4 is 4.90 Å². The summed E-state index contributed by atoms with van der Waals surface area (Å²) in [5.74, 6) is -0.311. The van der Waals surface area contributed by atoms with Crippen LogP contribution in [0.25, 0.3) is 0 Å². The third kappa shape index (κ3) is 7.24. The van der Waals surface area contributed by atoms with Crippen molar-refractivity contribution >= 4 is 53.1 Å². The Hall–Kier alpha value is -3.14. The third-order valence-corrected chi connectivity index (χ3v) is 12.4. The van der Waals surface area contributed by atoms with E-state index in [4.69, 9.17) is 0 Å². The van der Waals surface area contributed by atoms with Crippen LogP contribution in [0.3, 0.4) is 0 Å². The summed E-state index contributed by atoms with van der Waals surface area (Å²) in [6.45, 7) is 8.79. The van der Waals surface area contributed by atoms with Gasteiger partial charge in [-0.3, -0.25) is 13.7 Å². The van der Waals surface area contributed by atoms with Gasteiger partial charge < -0.3 is 4.90 Å². The minimum atomic E-state index is -4.47. The van der Waals surface area contributed by atoms with Gasteiger partial charge in [0.05, 0.1) is 21.0 Å². The molecule has 0 aliphatic carbocycles. The third-order valence-electron chi connectivity index (χ3n) is 9.85. The second-order valence-corrected chi connectivity index (χ2v) is 18.1. The Balaban J connectivity index is 1.38. The van der Waals surface area contributed by atoms with Crippen LogP contribution in [-0.2, 0) is 41.2 Å². The molecule has 0 fully saturated rings. The van der Waals surface area contributed by atoms with Crippen molar-refractivity contribution in [1.29, 1.82) is 0 Å². The quantitative estimate of drug-likeness (QED) is 0.104. The van der Waals surface area contributed by atoms with Crippen molar-refractivity contribution in [2.75, 3.05) is 17.2 Å². The van der Waals surface area contributed by atoms with Crippen LogP contribution in [0.1, 0.15) is 77.3 Å². The number of hydrogen-bond acceptors (Lipinski definition) is 7. The van der Waals surface area contributed by atoms with E-state index in [1.807, 2.05) is 36.9 Å². The predicted molar refractivity (Wildman–Crippen MR) is 185 cm³/mol. The van der Waals surface area contributed by atoms with E-state index < -0.39 is 35.8 Å². The number of nitrogens with zero attached hydrogens (tertiary/aromatic N) is 2. The summed E-state index contributed by atoms with van der Waals surface area (Å²) in [5, 5.41) is 0. The summed E-state index contributed by atoms with van der Waals surface area (Å²) >= 11 is 0. The van der Waals surface area contributed by atoms with Gasteiger partial charge in [0.15, 0.2) is 5.71 Å². The Bertz CT molecular complexity index is 2090. The number of rotatable bonds is 13. The molecule has 48 heavy (non-hydrogen) atoms. The van der Waals surface area contributed by atoms with E-state index in [1.54, 1.807) is 18.2 Å². The van der Waals surface area contributed by atoms with Crippen LogP contribution in [0, 0.1) is 0 Å². The molecule has 11 nitrogen and oxygen atoms in total. The Morgan fingerprint density at radius 2 is 1.40 bits per heavy atom. The molecule has 14 heteroatoms. The standard InChI is InChI=1S/C34H42N2O9S3/c1-33(2)27-14-8-9-15-29(27)35(20-11-21-46(37,38)39)31(33)16-6-5-7-17-32-34(3,4)28-23-26(48(43,44)45)18-19-30(28)36(32)24-12-10-13-25(22-24)47(40,41)42/h8-10,12-15,18-19,22-23,32H,5-7,11,16-17,20-21H2,1-4H3,(H2-,37,38,39,40,41,42,43,44,45)/p+1. The first-order chi connectivity index (χ1) is 22.2. The summed E-state index contributed by atoms with van der Waals surface area (Å²) in [6, 6.07) is 18.3. The molecule has 0 bridgehead atoms. The smallest absolute Gasteiger partial charge is 0.294 e. The first-order valence-electron chi connectivity index (χ1n) is 15.9. The maximum Gasteiger partial charge on any atom is 0.294 e. The maximum atomic E-state index is 12.0. The minimum Gasteiger partial charge on any atom is -0.337 e. The van der Waals surface area contributed by atoms with Crippen molar-refractivity contribution in [3.8, 4) is 0 Å². The fourth-order valence-electron chi connectivity index (χ4n) is 7.47. The summed E-state index contributed by atoms with van der Waals surface area (Å²) < 4.78 is 102. The van der Waals surface area contributed by atoms with Gasteiger partial charge in [-0.2, -0.15) is 29.8 Å². The van der Waals surface area contributed by atoms with Gasteiger partial charge in [-0.05, 0) is 68.7 Å². The van der Waals surface area contributed by atoms with Gasteiger partial charge >= 0.3 is 0 Å². The number of unbranched alkanes of at least 4 members (excludes halogenated alkanes) is 2. The topological polar surface area (TPSA) is 169 Å². The average molecular weight is 720 g/mol. The monoisotopic (exact) mass is 719 g/mol. The molecule has 0 saturated carbocycles. The van der Waals surface area contributed by atoms with Crippen molar-refractivity contribution in [2.45, 2.75) is 92.9 Å². The number of fused-ring (bicyclic) bond motifs is 2. The van der Waals surface area contributed by atoms with Gasteiger partial charge in [0.1, 0.15) is 6.54 Å². The second-order valence-electron chi connectivity index (χ2n) is 13.7. The molecule has 3 aromatic rings. The zero-order valence-electron chi connectivity index (χ0n) is 27.5. The zero-order chi connectivity index (χ0) is 35.3.